The number of ether oxygens (including phenoxy) is 1. The molecule has 1 atom stereocenters. The number of imidazole rings is 1. The quantitative estimate of drug-likeness (QED) is 0.844. The van der Waals surface area contributed by atoms with Gasteiger partial charge in [0.15, 0.2) is 0 Å². The van der Waals surface area contributed by atoms with E-state index >= 15 is 0 Å². The van der Waals surface area contributed by atoms with Crippen LogP contribution in [-0.4, -0.2) is 47.8 Å². The summed E-state index contributed by atoms with van der Waals surface area (Å²) in [5, 5.41) is 6.08. The lowest BCUT2D eigenvalue weighted by Crippen LogP contribution is -2.51. The Labute approximate surface area is 123 Å². The second kappa shape index (κ2) is 6.24. The largest absolute Gasteiger partial charge is 0.378 e. The van der Waals surface area contributed by atoms with E-state index in [1.54, 1.807) is 0 Å². The summed E-state index contributed by atoms with van der Waals surface area (Å²) in [6.45, 7) is 2.42. The Kier molecular flexibility index (Phi) is 4.17. The number of fused-ring (bicyclic) bond motifs is 1. The van der Waals surface area contributed by atoms with Gasteiger partial charge in [-0.15, -0.1) is 0 Å². The van der Waals surface area contributed by atoms with Crippen LogP contribution in [0.15, 0.2) is 24.3 Å². The minimum Gasteiger partial charge on any atom is -0.378 e. The molecule has 2 N–H and O–H groups in total. The molecule has 1 aliphatic heterocycles. The van der Waals surface area contributed by atoms with Crippen molar-refractivity contribution < 1.29 is 9.53 Å². The third kappa shape index (κ3) is 3.06. The number of para-hydroxylation sites is 2. The lowest BCUT2D eigenvalue weighted by Gasteiger charge is -2.22. The number of aromatic nitrogens is 2. The lowest BCUT2D eigenvalue weighted by atomic mass is 10.2. The lowest BCUT2D eigenvalue weighted by molar-refractivity contribution is -0.125. The number of benzene rings is 1. The van der Waals surface area contributed by atoms with Crippen LogP contribution in [0.25, 0.3) is 11.0 Å². The molecule has 2 heterocycles. The number of hydrogen-bond acceptors (Lipinski definition) is 4. The van der Waals surface area contributed by atoms with Crippen LogP contribution in [0.2, 0.25) is 0 Å². The predicted molar refractivity (Wildman–Crippen MR) is 80.0 cm³/mol. The number of hydrogen-bond donors (Lipinski definition) is 2. The molecule has 2 aromatic rings. The van der Waals surface area contributed by atoms with E-state index in [1.807, 2.05) is 31.3 Å². The Bertz CT molecular complexity index is 632. The van der Waals surface area contributed by atoms with E-state index in [1.165, 1.54) is 0 Å². The second-order valence-electron chi connectivity index (χ2n) is 5.20. The van der Waals surface area contributed by atoms with Crippen molar-refractivity contribution in [1.82, 2.24) is 20.2 Å². The highest BCUT2D eigenvalue weighted by Gasteiger charge is 2.20. The van der Waals surface area contributed by atoms with Crippen LogP contribution in [0.5, 0.6) is 0 Å². The first-order chi connectivity index (χ1) is 10.3. The van der Waals surface area contributed by atoms with E-state index in [0.29, 0.717) is 26.2 Å². The van der Waals surface area contributed by atoms with E-state index < -0.39 is 0 Å². The van der Waals surface area contributed by atoms with Gasteiger partial charge in [-0.1, -0.05) is 12.1 Å². The highest BCUT2D eigenvalue weighted by Crippen LogP contribution is 2.14. The van der Waals surface area contributed by atoms with Crippen molar-refractivity contribution in [3.8, 4) is 0 Å². The molecular formula is C15H20N4O2. The first-order valence-electron chi connectivity index (χ1n) is 7.25. The normalized spacial score (nSPS) is 18.8. The summed E-state index contributed by atoms with van der Waals surface area (Å²) in [7, 11) is 2.00. The third-order valence-electron chi connectivity index (χ3n) is 3.77. The first kappa shape index (κ1) is 14.0. The molecule has 0 aliphatic carbocycles. The molecule has 21 heavy (non-hydrogen) atoms. The zero-order chi connectivity index (χ0) is 14.7. The summed E-state index contributed by atoms with van der Waals surface area (Å²) in [5.41, 5.74) is 2.10. The fourth-order valence-corrected chi connectivity index (χ4v) is 2.57. The van der Waals surface area contributed by atoms with E-state index in [9.17, 15) is 4.79 Å². The van der Waals surface area contributed by atoms with Crippen molar-refractivity contribution in [2.24, 2.45) is 7.05 Å². The van der Waals surface area contributed by atoms with Gasteiger partial charge in [-0.25, -0.2) is 4.98 Å². The summed E-state index contributed by atoms with van der Waals surface area (Å²) >= 11 is 0. The number of nitrogens with one attached hydrogen (secondary N) is 2. The van der Waals surface area contributed by atoms with E-state index in [-0.39, 0.29) is 11.9 Å². The standard InChI is InChI=1S/C15H20N4O2/c1-19-13-5-3-2-4-11(13)18-14(19)6-7-17-15(20)12-10-21-9-8-16-12/h2-5,12,16H,6-10H2,1H3,(H,17,20). The van der Waals surface area contributed by atoms with Crippen LogP contribution in [0.4, 0.5) is 0 Å². The number of nitrogens with zero attached hydrogens (tertiary/aromatic N) is 2. The minimum absolute atomic E-state index is 0.00605. The number of morpholine rings is 1. The first-order valence-corrected chi connectivity index (χ1v) is 7.25. The van der Waals surface area contributed by atoms with Crippen molar-refractivity contribution in [1.29, 1.82) is 0 Å². The van der Waals surface area contributed by atoms with Gasteiger partial charge in [-0.2, -0.15) is 0 Å². The summed E-state index contributed by atoms with van der Waals surface area (Å²) < 4.78 is 7.36. The molecular weight excluding hydrogens is 268 g/mol. The Balaban J connectivity index is 1.56. The van der Waals surface area contributed by atoms with Gasteiger partial charge in [0.1, 0.15) is 11.9 Å². The number of aryl methyl sites for hydroxylation is 1. The predicted octanol–water partition coefficient (Wildman–Crippen LogP) is 0.220. The maximum Gasteiger partial charge on any atom is 0.239 e. The fourth-order valence-electron chi connectivity index (χ4n) is 2.57. The fraction of sp³-hybridized carbons (Fsp3) is 0.467. The van der Waals surface area contributed by atoms with Crippen LogP contribution < -0.4 is 10.6 Å². The molecule has 1 aliphatic rings. The SMILES string of the molecule is Cn1c(CCNC(=O)C2COCCN2)nc2ccccc21. The van der Waals surface area contributed by atoms with E-state index in [2.05, 4.69) is 20.2 Å². The van der Waals surface area contributed by atoms with Crippen molar-refractivity contribution in [2.45, 2.75) is 12.5 Å². The van der Waals surface area contributed by atoms with Gasteiger partial charge < -0.3 is 19.9 Å². The Morgan fingerprint density at radius 2 is 2.38 bits per heavy atom. The molecule has 1 amide bonds. The molecule has 1 saturated heterocycles. The number of carbonyl (C=O) groups is 1. The zero-order valence-corrected chi connectivity index (χ0v) is 12.1. The van der Waals surface area contributed by atoms with Gasteiger partial charge in [0.2, 0.25) is 5.91 Å². The molecule has 1 aromatic heterocycles. The molecule has 3 rings (SSSR count). The molecule has 112 valence electrons. The van der Waals surface area contributed by atoms with Crippen molar-refractivity contribution in [2.75, 3.05) is 26.3 Å². The van der Waals surface area contributed by atoms with Crippen molar-refractivity contribution in [3.63, 3.8) is 0 Å². The molecule has 0 radical (unpaired) electrons. The van der Waals surface area contributed by atoms with Crippen LogP contribution in [0, 0.1) is 0 Å². The molecule has 0 saturated carbocycles. The summed E-state index contributed by atoms with van der Waals surface area (Å²) in [5.74, 6) is 0.970. The van der Waals surface area contributed by atoms with Gasteiger partial charge in [0, 0.05) is 26.6 Å². The van der Waals surface area contributed by atoms with Crippen molar-refractivity contribution >= 4 is 16.9 Å². The van der Waals surface area contributed by atoms with Gasteiger partial charge >= 0.3 is 0 Å². The Hall–Kier alpha value is -1.92. The number of amides is 1. The molecule has 1 unspecified atom stereocenters. The molecule has 1 aromatic carbocycles. The molecule has 6 heteroatoms. The molecule has 6 nitrogen and oxygen atoms in total. The smallest absolute Gasteiger partial charge is 0.239 e. The summed E-state index contributed by atoms with van der Waals surface area (Å²) in [6.07, 6.45) is 0.713. The molecule has 0 bridgehead atoms. The monoisotopic (exact) mass is 288 g/mol. The maximum atomic E-state index is 12.0. The maximum absolute atomic E-state index is 12.0. The Morgan fingerprint density at radius 3 is 3.14 bits per heavy atom. The average Bonchev–Trinajstić information content (AvgIpc) is 2.85. The third-order valence-corrected chi connectivity index (χ3v) is 3.77. The summed E-state index contributed by atoms with van der Waals surface area (Å²) in [6, 6.07) is 7.80. The average molecular weight is 288 g/mol. The van der Waals surface area contributed by atoms with Gasteiger partial charge in [0.05, 0.1) is 24.2 Å². The van der Waals surface area contributed by atoms with Crippen molar-refractivity contribution in [3.05, 3.63) is 30.1 Å². The van der Waals surface area contributed by atoms with Crippen LogP contribution in [0.3, 0.4) is 0 Å². The Morgan fingerprint density at radius 1 is 1.52 bits per heavy atom. The van der Waals surface area contributed by atoms with Crippen LogP contribution in [0.1, 0.15) is 5.82 Å². The minimum atomic E-state index is -0.237. The zero-order valence-electron chi connectivity index (χ0n) is 12.1. The number of rotatable bonds is 4. The topological polar surface area (TPSA) is 68.2 Å². The highest BCUT2D eigenvalue weighted by atomic mass is 16.5. The van der Waals surface area contributed by atoms with Crippen LogP contribution >= 0.6 is 0 Å². The van der Waals surface area contributed by atoms with Gasteiger partial charge in [-0.05, 0) is 12.1 Å². The van der Waals surface area contributed by atoms with Crippen LogP contribution in [-0.2, 0) is 23.0 Å². The molecule has 0 spiro atoms. The van der Waals surface area contributed by atoms with Gasteiger partial charge in [-0.3, -0.25) is 4.79 Å². The van der Waals surface area contributed by atoms with E-state index in [0.717, 1.165) is 23.4 Å². The van der Waals surface area contributed by atoms with Gasteiger partial charge in [0.25, 0.3) is 0 Å². The molecule has 1 fully saturated rings. The second-order valence-corrected chi connectivity index (χ2v) is 5.20. The summed E-state index contributed by atoms with van der Waals surface area (Å²) in [4.78, 5) is 16.6. The number of carbonyl (C=O) groups excluding carboxylic acids is 1. The highest BCUT2D eigenvalue weighted by molar-refractivity contribution is 5.82. The van der Waals surface area contributed by atoms with E-state index in [4.69, 9.17) is 4.74 Å².